The molecule has 1 N–H and O–H groups in total. The van der Waals surface area contributed by atoms with E-state index in [1.165, 1.54) is 4.68 Å². The molecule has 0 aliphatic carbocycles. The van der Waals surface area contributed by atoms with Crippen molar-refractivity contribution in [3.8, 4) is 0 Å². The first kappa shape index (κ1) is 13.1. The third kappa shape index (κ3) is 2.58. The van der Waals surface area contributed by atoms with Crippen LogP contribution in [0.2, 0.25) is 0 Å². The molecule has 0 aromatic carbocycles. The Morgan fingerprint density at radius 1 is 1.62 bits per heavy atom. The fourth-order valence-corrected chi connectivity index (χ4v) is 1.86. The van der Waals surface area contributed by atoms with Crippen LogP contribution in [0, 0.1) is 6.92 Å². The van der Waals surface area contributed by atoms with Crippen LogP contribution < -0.4 is 0 Å². The molecule has 0 radical (unpaired) electrons. The van der Waals surface area contributed by atoms with Crippen molar-refractivity contribution < 1.29 is 18.7 Å². The van der Waals surface area contributed by atoms with Gasteiger partial charge in [0.25, 0.3) is 6.43 Å². The van der Waals surface area contributed by atoms with E-state index in [-0.39, 0.29) is 16.6 Å². The maximum Gasteiger partial charge on any atom is 0.305 e. The molecule has 0 bridgehead atoms. The van der Waals surface area contributed by atoms with Crippen LogP contribution in [0.15, 0.2) is 4.47 Å². The Kier molecular flexibility index (Phi) is 4.01. The van der Waals surface area contributed by atoms with Crippen LogP contribution >= 0.6 is 15.9 Å². The van der Waals surface area contributed by atoms with Gasteiger partial charge in [-0.3, -0.25) is 9.48 Å². The molecular formula is C9H11BrF2N2O2. The lowest BCUT2D eigenvalue weighted by Gasteiger charge is -2.11. The lowest BCUT2D eigenvalue weighted by molar-refractivity contribution is -0.137. The molecule has 1 unspecified atom stereocenters. The molecule has 4 nitrogen and oxygen atoms in total. The van der Waals surface area contributed by atoms with Gasteiger partial charge in [-0.15, -0.1) is 0 Å². The summed E-state index contributed by atoms with van der Waals surface area (Å²) in [7, 11) is 0. The molecule has 16 heavy (non-hydrogen) atoms. The zero-order valence-electron chi connectivity index (χ0n) is 8.75. The summed E-state index contributed by atoms with van der Waals surface area (Å²) in [5, 5.41) is 12.3. The molecule has 1 atom stereocenters. The van der Waals surface area contributed by atoms with Crippen molar-refractivity contribution in [2.75, 3.05) is 0 Å². The van der Waals surface area contributed by atoms with Crippen LogP contribution in [0.3, 0.4) is 0 Å². The van der Waals surface area contributed by atoms with E-state index < -0.39 is 18.4 Å². The van der Waals surface area contributed by atoms with Crippen molar-refractivity contribution in [3.05, 3.63) is 15.9 Å². The lowest BCUT2D eigenvalue weighted by Crippen LogP contribution is -2.13. The third-order valence-corrected chi connectivity index (χ3v) is 3.18. The average Bonchev–Trinajstić information content (AvgIpc) is 2.43. The molecule has 0 saturated heterocycles. The number of aromatic nitrogens is 2. The van der Waals surface area contributed by atoms with E-state index in [1.807, 2.05) is 0 Å². The average molecular weight is 297 g/mol. The normalized spacial score (nSPS) is 13.1. The topological polar surface area (TPSA) is 55.1 Å². The summed E-state index contributed by atoms with van der Waals surface area (Å²) in [5.74, 6) is -0.989. The predicted molar refractivity (Wildman–Crippen MR) is 56.6 cm³/mol. The van der Waals surface area contributed by atoms with Crippen LogP contribution in [-0.2, 0) is 4.79 Å². The van der Waals surface area contributed by atoms with Gasteiger partial charge in [-0.05, 0) is 29.8 Å². The second kappa shape index (κ2) is 4.90. The third-order valence-electron chi connectivity index (χ3n) is 2.20. The van der Waals surface area contributed by atoms with Crippen LogP contribution in [0.1, 0.15) is 37.2 Å². The largest absolute Gasteiger partial charge is 0.481 e. The molecule has 1 rings (SSSR count). The zero-order chi connectivity index (χ0) is 12.5. The summed E-state index contributed by atoms with van der Waals surface area (Å²) in [6.45, 7) is 3.23. The maximum absolute atomic E-state index is 12.5. The van der Waals surface area contributed by atoms with E-state index in [9.17, 15) is 13.6 Å². The van der Waals surface area contributed by atoms with Gasteiger partial charge >= 0.3 is 5.97 Å². The monoisotopic (exact) mass is 296 g/mol. The second-order valence-electron chi connectivity index (χ2n) is 3.48. The van der Waals surface area contributed by atoms with Crippen LogP contribution in [0.5, 0.6) is 0 Å². The number of hydrogen-bond acceptors (Lipinski definition) is 2. The van der Waals surface area contributed by atoms with Crippen LogP contribution in [-0.4, -0.2) is 20.9 Å². The Balaban J connectivity index is 3.06. The quantitative estimate of drug-likeness (QED) is 0.929. The van der Waals surface area contributed by atoms with E-state index in [0.717, 1.165) is 0 Å². The van der Waals surface area contributed by atoms with E-state index in [1.54, 1.807) is 13.8 Å². The smallest absolute Gasteiger partial charge is 0.305 e. The van der Waals surface area contributed by atoms with Crippen LogP contribution in [0.25, 0.3) is 0 Å². The van der Waals surface area contributed by atoms with Gasteiger partial charge in [0.1, 0.15) is 5.69 Å². The molecule has 1 heterocycles. The van der Waals surface area contributed by atoms with Gasteiger partial charge in [-0.25, -0.2) is 8.78 Å². The summed E-state index contributed by atoms with van der Waals surface area (Å²) in [6.07, 6.45) is -2.83. The van der Waals surface area contributed by atoms with Gasteiger partial charge in [0.05, 0.1) is 22.6 Å². The van der Waals surface area contributed by atoms with Crippen molar-refractivity contribution in [2.24, 2.45) is 0 Å². The molecule has 0 fully saturated rings. The number of nitrogens with zero attached hydrogens (tertiary/aromatic N) is 2. The number of carbonyl (C=O) groups is 1. The number of rotatable bonds is 4. The highest BCUT2D eigenvalue weighted by Gasteiger charge is 2.23. The molecule has 7 heteroatoms. The van der Waals surface area contributed by atoms with Crippen molar-refractivity contribution in [2.45, 2.75) is 32.7 Å². The van der Waals surface area contributed by atoms with E-state index in [2.05, 4.69) is 21.0 Å². The van der Waals surface area contributed by atoms with E-state index in [4.69, 9.17) is 5.11 Å². The minimum atomic E-state index is -2.67. The van der Waals surface area contributed by atoms with Gasteiger partial charge < -0.3 is 5.11 Å². The summed E-state index contributed by atoms with van der Waals surface area (Å²) in [5.41, 5.74) is 0.152. The summed E-state index contributed by atoms with van der Waals surface area (Å²) < 4.78 is 26.6. The Morgan fingerprint density at radius 3 is 2.56 bits per heavy atom. The van der Waals surface area contributed by atoms with E-state index >= 15 is 0 Å². The molecular weight excluding hydrogens is 286 g/mol. The zero-order valence-corrected chi connectivity index (χ0v) is 10.3. The molecule has 0 amide bonds. The summed E-state index contributed by atoms with van der Waals surface area (Å²) in [4.78, 5) is 10.5. The number of carboxylic acids is 1. The Labute approximate surface area is 99.4 Å². The first-order valence-corrected chi connectivity index (χ1v) is 5.38. The van der Waals surface area contributed by atoms with Gasteiger partial charge in [0, 0.05) is 0 Å². The fourth-order valence-electron chi connectivity index (χ4n) is 1.43. The molecule has 0 spiro atoms. The Bertz CT molecular complexity index is 406. The van der Waals surface area contributed by atoms with E-state index in [0.29, 0.717) is 5.69 Å². The minimum absolute atomic E-state index is 0.155. The van der Waals surface area contributed by atoms with Crippen LogP contribution in [0.4, 0.5) is 8.78 Å². The first-order valence-electron chi connectivity index (χ1n) is 4.59. The number of alkyl halides is 2. The highest BCUT2D eigenvalue weighted by atomic mass is 79.9. The van der Waals surface area contributed by atoms with Crippen molar-refractivity contribution in [1.82, 2.24) is 9.78 Å². The fraction of sp³-hybridized carbons (Fsp3) is 0.556. The Morgan fingerprint density at radius 2 is 2.19 bits per heavy atom. The highest BCUT2D eigenvalue weighted by molar-refractivity contribution is 9.10. The number of halogens is 3. The number of carboxylic acid groups (broad SMARTS) is 1. The van der Waals surface area contributed by atoms with Gasteiger partial charge in [-0.1, -0.05) is 0 Å². The van der Waals surface area contributed by atoms with Crippen molar-refractivity contribution in [3.63, 3.8) is 0 Å². The summed E-state index contributed by atoms with van der Waals surface area (Å²) >= 11 is 3.03. The molecule has 0 aliphatic heterocycles. The second-order valence-corrected chi connectivity index (χ2v) is 4.27. The van der Waals surface area contributed by atoms with Gasteiger partial charge in [0.15, 0.2) is 0 Å². The lowest BCUT2D eigenvalue weighted by atomic mass is 10.2. The predicted octanol–water partition coefficient (Wildman–Crippen LogP) is 2.93. The van der Waals surface area contributed by atoms with Crippen molar-refractivity contribution in [1.29, 1.82) is 0 Å². The molecule has 90 valence electrons. The molecule has 0 aliphatic rings. The number of hydrogen-bond donors (Lipinski definition) is 1. The first-order chi connectivity index (χ1) is 7.34. The molecule has 0 saturated carbocycles. The Hall–Kier alpha value is -0.980. The summed E-state index contributed by atoms with van der Waals surface area (Å²) in [6, 6.07) is -0.457. The SMILES string of the molecule is Cc1c(Br)c(C(F)F)nn1C(C)CC(=O)O. The minimum Gasteiger partial charge on any atom is -0.481 e. The maximum atomic E-state index is 12.5. The molecule has 1 aromatic heterocycles. The van der Waals surface area contributed by atoms with Crippen molar-refractivity contribution >= 4 is 21.9 Å². The molecule has 1 aromatic rings. The highest BCUT2D eigenvalue weighted by Crippen LogP contribution is 2.30. The van der Waals surface area contributed by atoms with Gasteiger partial charge in [0.2, 0.25) is 0 Å². The van der Waals surface area contributed by atoms with Gasteiger partial charge in [-0.2, -0.15) is 5.10 Å². The number of aliphatic carboxylic acids is 1. The standard InChI is InChI=1S/C9H11BrF2N2O2/c1-4(3-6(15)16)14-5(2)7(10)8(13-14)9(11)12/h4,9H,3H2,1-2H3,(H,15,16).